The Morgan fingerprint density at radius 1 is 1.11 bits per heavy atom. The molecular weight excluding hydrogens is 379 g/mol. The molecular formula is C18H12F3N3O2S. The average molecular weight is 391 g/mol. The van der Waals surface area contributed by atoms with Crippen molar-refractivity contribution in [2.45, 2.75) is 11.3 Å². The highest BCUT2D eigenvalue weighted by atomic mass is 32.2. The third-order valence-electron chi connectivity index (χ3n) is 3.82. The molecule has 3 aromatic rings. The van der Waals surface area contributed by atoms with E-state index in [1.165, 1.54) is 18.2 Å². The molecule has 0 saturated carbocycles. The number of alkyl halides is 2. The molecule has 0 amide bonds. The van der Waals surface area contributed by atoms with Crippen LogP contribution in [-0.4, -0.2) is 24.5 Å². The topological polar surface area (TPSA) is 75.8 Å². The van der Waals surface area contributed by atoms with E-state index in [0.717, 1.165) is 29.1 Å². The van der Waals surface area contributed by atoms with E-state index >= 15 is 0 Å². The molecule has 1 heterocycles. The number of nitriles is 1. The number of nitrogens with zero attached hydrogens (tertiary/aromatic N) is 3. The highest BCUT2D eigenvalue weighted by Crippen LogP contribution is 2.29. The Bertz CT molecular complexity index is 1150. The molecule has 2 aromatic carbocycles. The van der Waals surface area contributed by atoms with Crippen LogP contribution < -0.4 is 0 Å². The molecule has 0 bridgehead atoms. The molecule has 0 radical (unpaired) electrons. The van der Waals surface area contributed by atoms with E-state index < -0.39 is 32.7 Å². The molecule has 0 N–H and O–H groups in total. The minimum absolute atomic E-state index is 0.0890. The first-order chi connectivity index (χ1) is 12.7. The van der Waals surface area contributed by atoms with Crippen LogP contribution >= 0.6 is 0 Å². The van der Waals surface area contributed by atoms with Gasteiger partial charge in [0.1, 0.15) is 16.4 Å². The molecule has 0 atom stereocenters. The molecule has 0 unspecified atom stereocenters. The van der Waals surface area contributed by atoms with E-state index in [2.05, 4.69) is 5.10 Å². The van der Waals surface area contributed by atoms with Crippen molar-refractivity contribution in [1.29, 1.82) is 5.26 Å². The van der Waals surface area contributed by atoms with Crippen molar-refractivity contribution >= 4 is 9.84 Å². The van der Waals surface area contributed by atoms with Crippen LogP contribution in [0.2, 0.25) is 0 Å². The van der Waals surface area contributed by atoms with Gasteiger partial charge < -0.3 is 0 Å². The molecule has 5 nitrogen and oxygen atoms in total. The van der Waals surface area contributed by atoms with Gasteiger partial charge in [-0.1, -0.05) is 12.1 Å². The van der Waals surface area contributed by atoms with Crippen LogP contribution in [0.5, 0.6) is 0 Å². The summed E-state index contributed by atoms with van der Waals surface area (Å²) in [5, 5.41) is 12.7. The van der Waals surface area contributed by atoms with E-state index in [0.29, 0.717) is 11.1 Å². The zero-order valence-corrected chi connectivity index (χ0v) is 14.7. The second-order valence-electron chi connectivity index (χ2n) is 5.74. The van der Waals surface area contributed by atoms with Gasteiger partial charge in [-0.25, -0.2) is 26.3 Å². The summed E-state index contributed by atoms with van der Waals surface area (Å²) in [7, 11) is -3.77. The molecule has 0 aliphatic heterocycles. The molecule has 0 fully saturated rings. The fourth-order valence-electron chi connectivity index (χ4n) is 2.55. The molecule has 3 rings (SSSR count). The van der Waals surface area contributed by atoms with Gasteiger partial charge in [-0.15, -0.1) is 0 Å². The van der Waals surface area contributed by atoms with Gasteiger partial charge in [0.25, 0.3) is 6.43 Å². The summed E-state index contributed by atoms with van der Waals surface area (Å²) >= 11 is 0. The Labute approximate surface area is 153 Å². The van der Waals surface area contributed by atoms with E-state index in [-0.39, 0.29) is 11.4 Å². The summed E-state index contributed by atoms with van der Waals surface area (Å²) in [4.78, 5) is -0.493. The molecule has 0 aliphatic carbocycles. The van der Waals surface area contributed by atoms with Crippen LogP contribution in [0.15, 0.2) is 53.4 Å². The minimum atomic E-state index is -3.77. The zero-order valence-electron chi connectivity index (χ0n) is 13.9. The molecule has 0 spiro atoms. The number of halogens is 3. The van der Waals surface area contributed by atoms with Crippen molar-refractivity contribution in [1.82, 2.24) is 9.78 Å². The van der Waals surface area contributed by atoms with Gasteiger partial charge in [0.05, 0.1) is 23.0 Å². The average Bonchev–Trinajstić information content (AvgIpc) is 3.06. The van der Waals surface area contributed by atoms with Gasteiger partial charge in [0.15, 0.2) is 9.84 Å². The lowest BCUT2D eigenvalue weighted by Gasteiger charge is -2.09. The first-order valence-corrected chi connectivity index (χ1v) is 9.48. The summed E-state index contributed by atoms with van der Waals surface area (Å²) in [6.07, 6.45) is -1.97. The Kier molecular flexibility index (Phi) is 4.76. The molecule has 0 saturated heterocycles. The molecule has 27 heavy (non-hydrogen) atoms. The normalized spacial score (nSPS) is 11.6. The number of benzene rings is 2. The zero-order chi connectivity index (χ0) is 19.8. The van der Waals surface area contributed by atoms with Crippen LogP contribution in [0.1, 0.15) is 17.7 Å². The second kappa shape index (κ2) is 6.89. The van der Waals surface area contributed by atoms with Gasteiger partial charge in [-0.05, 0) is 30.3 Å². The van der Waals surface area contributed by atoms with Gasteiger partial charge >= 0.3 is 0 Å². The molecule has 0 aliphatic rings. The first-order valence-electron chi connectivity index (χ1n) is 7.59. The van der Waals surface area contributed by atoms with Crippen LogP contribution in [0.3, 0.4) is 0 Å². The fourth-order valence-corrected chi connectivity index (χ4v) is 3.27. The first kappa shape index (κ1) is 18.7. The number of hydrogen-bond donors (Lipinski definition) is 0. The Balaban J connectivity index is 2.17. The number of hydrogen-bond acceptors (Lipinski definition) is 4. The van der Waals surface area contributed by atoms with Gasteiger partial charge in [-0.3, -0.25) is 0 Å². The standard InChI is InChI=1S/C18H12F3N3O2S/c1-27(25,26)17-7-6-13(8-14(17)19)24-16(9-15(23-24)18(20)21)12-4-2-11(10-22)3-5-12/h2-9,18H,1H3. The predicted octanol–water partition coefficient (Wildman–Crippen LogP) is 3.89. The summed E-state index contributed by atoms with van der Waals surface area (Å²) in [5.74, 6) is -1.00. The second-order valence-corrected chi connectivity index (χ2v) is 7.73. The summed E-state index contributed by atoms with van der Waals surface area (Å²) in [6, 6.07) is 12.5. The molecule has 1 aromatic heterocycles. The highest BCUT2D eigenvalue weighted by Gasteiger charge is 2.20. The third kappa shape index (κ3) is 3.71. The SMILES string of the molecule is CS(=O)(=O)c1ccc(-n2nc(C(F)F)cc2-c2ccc(C#N)cc2)cc1F. The van der Waals surface area contributed by atoms with Crippen molar-refractivity contribution in [3.8, 4) is 23.0 Å². The Hall–Kier alpha value is -3.12. The third-order valence-corrected chi connectivity index (χ3v) is 4.95. The van der Waals surface area contributed by atoms with Crippen molar-refractivity contribution in [3.63, 3.8) is 0 Å². The van der Waals surface area contributed by atoms with Crippen molar-refractivity contribution < 1.29 is 21.6 Å². The number of sulfone groups is 1. The van der Waals surface area contributed by atoms with Crippen LogP contribution in [0, 0.1) is 17.1 Å². The number of rotatable bonds is 4. The highest BCUT2D eigenvalue weighted by molar-refractivity contribution is 7.90. The largest absolute Gasteiger partial charge is 0.282 e. The summed E-state index contributed by atoms with van der Waals surface area (Å²) in [6.45, 7) is 0. The maximum absolute atomic E-state index is 14.2. The van der Waals surface area contributed by atoms with Crippen molar-refractivity contribution in [3.05, 3.63) is 65.6 Å². The lowest BCUT2D eigenvalue weighted by atomic mass is 10.1. The lowest BCUT2D eigenvalue weighted by Crippen LogP contribution is -2.05. The maximum atomic E-state index is 14.2. The van der Waals surface area contributed by atoms with E-state index in [1.54, 1.807) is 12.1 Å². The minimum Gasteiger partial charge on any atom is -0.233 e. The summed E-state index contributed by atoms with van der Waals surface area (Å²) in [5.41, 5.74) is 0.706. The van der Waals surface area contributed by atoms with Gasteiger partial charge in [0.2, 0.25) is 0 Å². The smallest absolute Gasteiger partial charge is 0.233 e. The van der Waals surface area contributed by atoms with Crippen molar-refractivity contribution in [2.75, 3.05) is 6.26 Å². The van der Waals surface area contributed by atoms with Crippen LogP contribution in [0.25, 0.3) is 16.9 Å². The fraction of sp³-hybridized carbons (Fsp3) is 0.111. The van der Waals surface area contributed by atoms with E-state index in [4.69, 9.17) is 5.26 Å². The summed E-state index contributed by atoms with van der Waals surface area (Å²) < 4.78 is 64.7. The van der Waals surface area contributed by atoms with E-state index in [1.807, 2.05) is 6.07 Å². The van der Waals surface area contributed by atoms with Gasteiger partial charge in [0, 0.05) is 17.9 Å². The Morgan fingerprint density at radius 2 is 1.78 bits per heavy atom. The Morgan fingerprint density at radius 3 is 2.30 bits per heavy atom. The maximum Gasteiger partial charge on any atom is 0.282 e. The van der Waals surface area contributed by atoms with Crippen molar-refractivity contribution in [2.24, 2.45) is 0 Å². The van der Waals surface area contributed by atoms with Crippen LogP contribution in [0.4, 0.5) is 13.2 Å². The predicted molar refractivity (Wildman–Crippen MR) is 91.7 cm³/mol. The quantitative estimate of drug-likeness (QED) is 0.676. The van der Waals surface area contributed by atoms with Crippen LogP contribution in [-0.2, 0) is 9.84 Å². The molecule has 138 valence electrons. The number of aromatic nitrogens is 2. The van der Waals surface area contributed by atoms with Gasteiger partial charge in [-0.2, -0.15) is 10.4 Å². The monoisotopic (exact) mass is 391 g/mol. The molecule has 9 heteroatoms. The lowest BCUT2D eigenvalue weighted by molar-refractivity contribution is 0.145. The van der Waals surface area contributed by atoms with E-state index in [9.17, 15) is 21.6 Å².